The number of aliphatic carboxylic acids is 1. The van der Waals surface area contributed by atoms with Crippen LogP contribution in [0.1, 0.15) is 67.6 Å². The van der Waals surface area contributed by atoms with Gasteiger partial charge in [-0.3, -0.25) is 20.0 Å². The number of carboxylic acid groups (broad SMARTS) is 1. The molecule has 0 saturated heterocycles. The fraction of sp³-hybridized carbons (Fsp3) is 0.382. The number of carbonyl (C=O) groups excluding carboxylic acids is 2. The minimum Gasteiger partial charge on any atom is -0.480 e. The molecule has 1 saturated carbocycles. The Morgan fingerprint density at radius 2 is 1.58 bits per heavy atom. The largest absolute Gasteiger partial charge is 0.480 e. The van der Waals surface area contributed by atoms with Crippen LogP contribution in [-0.2, 0) is 20.8 Å². The van der Waals surface area contributed by atoms with Crippen molar-refractivity contribution in [1.82, 2.24) is 10.6 Å². The first-order chi connectivity index (χ1) is 21.6. The summed E-state index contributed by atoms with van der Waals surface area (Å²) in [5, 5.41) is 25.3. The van der Waals surface area contributed by atoms with Crippen LogP contribution in [0, 0.1) is 11.3 Å². The summed E-state index contributed by atoms with van der Waals surface area (Å²) in [4.78, 5) is 43.9. The fourth-order valence-electron chi connectivity index (χ4n) is 5.98. The average Bonchev–Trinajstić information content (AvgIpc) is 3.03. The summed E-state index contributed by atoms with van der Waals surface area (Å²) in [5.74, 6) is -2.86. The second-order valence-electron chi connectivity index (χ2n) is 11.7. The van der Waals surface area contributed by atoms with Crippen LogP contribution in [0.25, 0.3) is 10.8 Å². The highest BCUT2D eigenvalue weighted by molar-refractivity contribution is 5.95. The Hall–Kier alpha value is -4.93. The van der Waals surface area contributed by atoms with Crippen molar-refractivity contribution >= 4 is 40.4 Å². The van der Waals surface area contributed by atoms with Crippen LogP contribution in [-0.4, -0.2) is 53.3 Å². The summed E-state index contributed by atoms with van der Waals surface area (Å²) >= 11 is 0. The van der Waals surface area contributed by atoms with Gasteiger partial charge in [0.15, 0.2) is 5.96 Å². The van der Waals surface area contributed by atoms with Gasteiger partial charge in [0.1, 0.15) is 17.9 Å². The molecule has 0 bridgehead atoms. The number of amidine groups is 1. The van der Waals surface area contributed by atoms with Crippen molar-refractivity contribution in [2.24, 2.45) is 28.1 Å². The van der Waals surface area contributed by atoms with Gasteiger partial charge in [0.25, 0.3) is 0 Å². The summed E-state index contributed by atoms with van der Waals surface area (Å²) in [5.41, 5.74) is 18.6. The van der Waals surface area contributed by atoms with Gasteiger partial charge in [0.2, 0.25) is 11.8 Å². The molecule has 238 valence electrons. The van der Waals surface area contributed by atoms with E-state index in [2.05, 4.69) is 15.6 Å². The molecule has 1 aliphatic carbocycles. The molecule has 0 radical (unpaired) electrons. The van der Waals surface area contributed by atoms with Crippen LogP contribution in [0.3, 0.4) is 0 Å². The first kappa shape index (κ1) is 33.0. The van der Waals surface area contributed by atoms with Crippen molar-refractivity contribution in [2.45, 2.75) is 69.4 Å². The Morgan fingerprint density at radius 1 is 0.889 bits per heavy atom. The lowest BCUT2D eigenvalue weighted by molar-refractivity contribution is -0.142. The van der Waals surface area contributed by atoms with Gasteiger partial charge in [-0.15, -0.1) is 0 Å². The van der Waals surface area contributed by atoms with E-state index >= 15 is 0 Å². The van der Waals surface area contributed by atoms with E-state index in [1.54, 1.807) is 12.1 Å². The van der Waals surface area contributed by atoms with Crippen molar-refractivity contribution in [3.05, 3.63) is 83.4 Å². The molecular weight excluding hydrogens is 570 g/mol. The van der Waals surface area contributed by atoms with Crippen LogP contribution >= 0.6 is 0 Å². The maximum Gasteiger partial charge on any atom is 0.326 e. The summed E-state index contributed by atoms with van der Waals surface area (Å²) in [6, 6.07) is 19.0. The molecule has 3 aromatic carbocycles. The van der Waals surface area contributed by atoms with Crippen molar-refractivity contribution in [3.8, 4) is 0 Å². The quantitative estimate of drug-likeness (QED) is 0.0819. The van der Waals surface area contributed by atoms with Crippen molar-refractivity contribution < 1.29 is 19.5 Å². The first-order valence-corrected chi connectivity index (χ1v) is 15.4. The second kappa shape index (κ2) is 15.7. The van der Waals surface area contributed by atoms with Gasteiger partial charge in [0.05, 0.1) is 5.92 Å². The summed E-state index contributed by atoms with van der Waals surface area (Å²) in [6.45, 7) is 0.242. The van der Waals surface area contributed by atoms with E-state index in [0.717, 1.165) is 54.0 Å². The summed E-state index contributed by atoms with van der Waals surface area (Å²) in [7, 11) is 0. The topological polar surface area (TPSA) is 210 Å². The normalized spacial score (nSPS) is 15.4. The molecule has 4 rings (SSSR count). The lowest BCUT2D eigenvalue weighted by atomic mass is 9.82. The fourth-order valence-corrected chi connectivity index (χ4v) is 5.98. The maximum atomic E-state index is 14.2. The number of hydrogen-bond acceptors (Lipinski definition) is 5. The molecule has 45 heavy (non-hydrogen) atoms. The zero-order chi connectivity index (χ0) is 32.3. The van der Waals surface area contributed by atoms with E-state index in [1.165, 1.54) is 0 Å². The van der Waals surface area contributed by atoms with Crippen LogP contribution in [0.5, 0.6) is 0 Å². The van der Waals surface area contributed by atoms with E-state index in [0.29, 0.717) is 18.4 Å². The van der Waals surface area contributed by atoms with Gasteiger partial charge in [-0.05, 0) is 59.9 Å². The SMILES string of the molecule is N=C(N)c1ccc(C[C@H](C(=O)N[C@H](C(=O)NC(CCCN=C(N)N)C(=O)O)C2CCCCC2)c2ccc3ccccc3c2)cc1. The molecule has 11 nitrogen and oxygen atoms in total. The Kier molecular flexibility index (Phi) is 11.5. The number of hydrogen-bond donors (Lipinski definition) is 7. The number of carbonyl (C=O) groups is 3. The van der Waals surface area contributed by atoms with Crippen LogP contribution < -0.4 is 27.8 Å². The van der Waals surface area contributed by atoms with E-state index < -0.39 is 29.9 Å². The molecule has 11 heteroatoms. The van der Waals surface area contributed by atoms with Crippen molar-refractivity contribution in [1.29, 1.82) is 5.41 Å². The molecule has 0 heterocycles. The number of aliphatic imine (C=N–C) groups is 1. The molecule has 3 atom stereocenters. The molecule has 2 amide bonds. The predicted octanol–water partition coefficient (Wildman–Crippen LogP) is 3.14. The average molecular weight is 614 g/mol. The maximum absolute atomic E-state index is 14.2. The standard InChI is InChI=1S/C34H43N7O4/c35-30(36)24-14-12-21(13-15-24)19-27(26-17-16-22-7-4-5-10-25(22)20-26)31(42)41-29(23-8-2-1-3-9-23)32(43)40-28(33(44)45)11-6-18-39-34(37)38/h4-5,7,10,12-17,20,23,27-29H,1-3,6,8-9,11,18-19H2,(H3,35,36)(H,40,43)(H,41,42)(H,44,45)(H4,37,38,39)/t27-,28?,29-/m0/s1. The van der Waals surface area contributed by atoms with E-state index in [1.807, 2.05) is 54.6 Å². The number of fused-ring (bicyclic) bond motifs is 1. The Labute approximate surface area is 263 Å². The third-order valence-corrected chi connectivity index (χ3v) is 8.46. The molecule has 0 spiro atoms. The Balaban J connectivity index is 1.61. The molecule has 1 unspecified atom stereocenters. The number of nitrogens with one attached hydrogen (secondary N) is 3. The van der Waals surface area contributed by atoms with Crippen molar-refractivity contribution in [2.75, 3.05) is 6.54 Å². The zero-order valence-electron chi connectivity index (χ0n) is 25.4. The third-order valence-electron chi connectivity index (χ3n) is 8.46. The zero-order valence-corrected chi connectivity index (χ0v) is 25.4. The minimum absolute atomic E-state index is 0.0392. The second-order valence-corrected chi connectivity index (χ2v) is 11.7. The molecule has 1 aliphatic rings. The van der Waals surface area contributed by atoms with Crippen molar-refractivity contribution in [3.63, 3.8) is 0 Å². The van der Waals surface area contributed by atoms with E-state index in [4.69, 9.17) is 22.6 Å². The van der Waals surface area contributed by atoms with E-state index in [9.17, 15) is 19.5 Å². The summed E-state index contributed by atoms with van der Waals surface area (Å²) in [6.07, 6.45) is 5.29. The smallest absolute Gasteiger partial charge is 0.326 e. The third kappa shape index (κ3) is 9.28. The highest BCUT2D eigenvalue weighted by Crippen LogP contribution is 2.29. The van der Waals surface area contributed by atoms with Crippen LogP contribution in [0.2, 0.25) is 0 Å². The van der Waals surface area contributed by atoms with Gasteiger partial charge in [-0.2, -0.15) is 0 Å². The van der Waals surface area contributed by atoms with Crippen LogP contribution in [0.4, 0.5) is 0 Å². The highest BCUT2D eigenvalue weighted by atomic mass is 16.4. The van der Waals surface area contributed by atoms with Gasteiger partial charge in [-0.1, -0.05) is 86.0 Å². The number of nitrogens with zero attached hydrogens (tertiary/aromatic N) is 1. The lowest BCUT2D eigenvalue weighted by Gasteiger charge is -2.32. The predicted molar refractivity (Wildman–Crippen MR) is 176 cm³/mol. The molecule has 3 aromatic rings. The number of rotatable bonds is 14. The van der Waals surface area contributed by atoms with Gasteiger partial charge in [-0.25, -0.2) is 4.79 Å². The monoisotopic (exact) mass is 613 g/mol. The van der Waals surface area contributed by atoms with Gasteiger partial charge in [0, 0.05) is 12.1 Å². The highest BCUT2D eigenvalue weighted by Gasteiger charge is 2.35. The Bertz CT molecular complexity index is 1530. The van der Waals surface area contributed by atoms with Gasteiger partial charge < -0.3 is 32.9 Å². The molecule has 10 N–H and O–H groups in total. The number of carboxylic acids is 1. The summed E-state index contributed by atoms with van der Waals surface area (Å²) < 4.78 is 0. The Morgan fingerprint density at radius 3 is 2.22 bits per heavy atom. The van der Waals surface area contributed by atoms with Crippen LogP contribution in [0.15, 0.2) is 71.7 Å². The molecule has 0 aliphatic heterocycles. The lowest BCUT2D eigenvalue weighted by Crippen LogP contribution is -2.55. The number of amides is 2. The molecule has 1 fully saturated rings. The number of nitrogens with two attached hydrogens (primary N) is 3. The number of benzene rings is 3. The number of nitrogen functional groups attached to an aromatic ring is 1. The van der Waals surface area contributed by atoms with Gasteiger partial charge >= 0.3 is 5.97 Å². The minimum atomic E-state index is -1.16. The molecular formula is C34H43N7O4. The first-order valence-electron chi connectivity index (χ1n) is 15.4. The van der Waals surface area contributed by atoms with E-state index in [-0.39, 0.29) is 36.6 Å². The molecule has 0 aromatic heterocycles. The number of guanidine groups is 1.